The molecule has 0 aromatic carbocycles. The van der Waals surface area contributed by atoms with Crippen molar-refractivity contribution in [2.45, 2.75) is 46.3 Å². The summed E-state index contributed by atoms with van der Waals surface area (Å²) in [5.41, 5.74) is -1.67. The number of ether oxygens (including phenoxy) is 1. The number of carbonyl (C=O) groups is 2. The van der Waals surface area contributed by atoms with Gasteiger partial charge in [-0.2, -0.15) is 0 Å². The maximum absolute atomic E-state index is 11.5. The lowest BCUT2D eigenvalue weighted by Crippen LogP contribution is -2.52. The second kappa shape index (κ2) is 5.35. The molecule has 0 aliphatic rings. The second-order valence-corrected chi connectivity index (χ2v) is 5.56. The number of aliphatic hydroxyl groups excluding tert-OH is 1. The summed E-state index contributed by atoms with van der Waals surface area (Å²) in [7, 11) is 0. The van der Waals surface area contributed by atoms with E-state index in [9.17, 15) is 9.59 Å². The molecule has 0 spiro atoms. The minimum Gasteiger partial charge on any atom is -0.480 e. The van der Waals surface area contributed by atoms with Gasteiger partial charge in [0.15, 0.2) is 0 Å². The molecule has 6 nitrogen and oxygen atoms in total. The molecule has 0 bridgehead atoms. The highest BCUT2D eigenvalue weighted by atomic mass is 16.6. The Morgan fingerprint density at radius 3 is 2.00 bits per heavy atom. The van der Waals surface area contributed by atoms with E-state index in [0.29, 0.717) is 0 Å². The third-order valence-electron chi connectivity index (χ3n) is 2.10. The van der Waals surface area contributed by atoms with Crippen LogP contribution in [-0.4, -0.2) is 40.5 Å². The molecule has 6 heteroatoms. The molecule has 0 radical (unpaired) electrons. The number of alkyl carbamates (subject to hydrolysis) is 1. The molecular formula is C11H21NO5. The van der Waals surface area contributed by atoms with E-state index in [4.69, 9.17) is 14.9 Å². The number of carboxylic acids is 1. The summed E-state index contributed by atoms with van der Waals surface area (Å²) in [4.78, 5) is 22.5. The molecule has 3 N–H and O–H groups in total. The van der Waals surface area contributed by atoms with Gasteiger partial charge in [-0.05, 0) is 20.8 Å². The molecule has 0 saturated carbocycles. The zero-order valence-electron chi connectivity index (χ0n) is 10.9. The van der Waals surface area contributed by atoms with Gasteiger partial charge in [0.1, 0.15) is 11.6 Å². The van der Waals surface area contributed by atoms with Crippen molar-refractivity contribution in [1.29, 1.82) is 0 Å². The Labute approximate surface area is 101 Å². The van der Waals surface area contributed by atoms with Gasteiger partial charge in [-0.25, -0.2) is 9.59 Å². The summed E-state index contributed by atoms with van der Waals surface area (Å²) in [6.07, 6.45) is -0.813. The molecule has 17 heavy (non-hydrogen) atoms. The SMILES string of the molecule is CC(C)(C)OC(=O)NC(C(=O)O)C(C)(C)CO. The van der Waals surface area contributed by atoms with E-state index in [2.05, 4.69) is 5.32 Å². The highest BCUT2D eigenvalue weighted by molar-refractivity contribution is 5.80. The molecule has 0 saturated heterocycles. The van der Waals surface area contributed by atoms with E-state index in [-0.39, 0.29) is 6.61 Å². The lowest BCUT2D eigenvalue weighted by atomic mass is 9.85. The second-order valence-electron chi connectivity index (χ2n) is 5.56. The van der Waals surface area contributed by atoms with Gasteiger partial charge < -0.3 is 20.3 Å². The summed E-state index contributed by atoms with van der Waals surface area (Å²) >= 11 is 0. The van der Waals surface area contributed by atoms with E-state index >= 15 is 0 Å². The zero-order chi connectivity index (χ0) is 13.9. The summed E-state index contributed by atoms with van der Waals surface area (Å²) in [6, 6.07) is -1.21. The lowest BCUT2D eigenvalue weighted by molar-refractivity contribution is -0.143. The fourth-order valence-electron chi connectivity index (χ4n) is 1.11. The first-order chi connectivity index (χ1) is 7.49. The van der Waals surface area contributed by atoms with Crippen LogP contribution in [0.15, 0.2) is 0 Å². The molecule has 0 fully saturated rings. The van der Waals surface area contributed by atoms with Gasteiger partial charge >= 0.3 is 12.1 Å². The summed E-state index contributed by atoms with van der Waals surface area (Å²) in [5, 5.41) is 20.4. The van der Waals surface area contributed by atoms with Crippen molar-refractivity contribution in [2.24, 2.45) is 5.41 Å². The van der Waals surface area contributed by atoms with Gasteiger partial charge in [-0.1, -0.05) is 13.8 Å². The van der Waals surface area contributed by atoms with Crippen LogP contribution in [0.2, 0.25) is 0 Å². The van der Waals surface area contributed by atoms with E-state index in [1.807, 2.05) is 0 Å². The molecule has 0 aliphatic carbocycles. The topological polar surface area (TPSA) is 95.9 Å². The van der Waals surface area contributed by atoms with E-state index < -0.39 is 29.1 Å². The fourth-order valence-corrected chi connectivity index (χ4v) is 1.11. The highest BCUT2D eigenvalue weighted by Crippen LogP contribution is 2.20. The molecule has 0 heterocycles. The smallest absolute Gasteiger partial charge is 0.408 e. The quantitative estimate of drug-likeness (QED) is 0.688. The molecule has 0 aliphatic heterocycles. The average Bonchev–Trinajstić information content (AvgIpc) is 2.10. The normalized spacial score (nSPS) is 14.0. The van der Waals surface area contributed by atoms with Crippen LogP contribution in [-0.2, 0) is 9.53 Å². The number of nitrogens with one attached hydrogen (secondary N) is 1. The summed E-state index contributed by atoms with van der Waals surface area (Å²) < 4.78 is 4.96. The minimum absolute atomic E-state index is 0.361. The van der Waals surface area contributed by atoms with Crippen molar-refractivity contribution in [2.75, 3.05) is 6.61 Å². The molecule has 1 unspecified atom stereocenters. The predicted octanol–water partition coefficient (Wildman–Crippen LogP) is 0.983. The maximum Gasteiger partial charge on any atom is 0.408 e. The van der Waals surface area contributed by atoms with Crippen molar-refractivity contribution < 1.29 is 24.5 Å². The van der Waals surface area contributed by atoms with Crippen LogP contribution in [0.5, 0.6) is 0 Å². The van der Waals surface area contributed by atoms with E-state index in [1.165, 1.54) is 0 Å². The van der Waals surface area contributed by atoms with Crippen LogP contribution in [0.4, 0.5) is 4.79 Å². The Kier molecular flexibility index (Phi) is 4.94. The van der Waals surface area contributed by atoms with Gasteiger partial charge in [0.2, 0.25) is 0 Å². The first-order valence-corrected chi connectivity index (χ1v) is 5.33. The largest absolute Gasteiger partial charge is 0.480 e. The number of hydrogen-bond donors (Lipinski definition) is 3. The molecule has 100 valence electrons. The Morgan fingerprint density at radius 2 is 1.71 bits per heavy atom. The molecule has 1 amide bonds. The molecule has 0 aromatic rings. The third-order valence-corrected chi connectivity index (χ3v) is 2.10. The van der Waals surface area contributed by atoms with Crippen LogP contribution < -0.4 is 5.32 Å². The van der Waals surface area contributed by atoms with Crippen molar-refractivity contribution in [1.82, 2.24) is 5.32 Å². The summed E-state index contributed by atoms with van der Waals surface area (Å²) in [6.45, 7) is 7.77. The maximum atomic E-state index is 11.5. The third kappa shape index (κ3) is 5.53. The van der Waals surface area contributed by atoms with Crippen LogP contribution in [0.3, 0.4) is 0 Å². The van der Waals surface area contributed by atoms with Crippen molar-refractivity contribution in [3.05, 3.63) is 0 Å². The number of aliphatic hydroxyl groups is 1. The zero-order valence-corrected chi connectivity index (χ0v) is 10.9. The van der Waals surface area contributed by atoms with Gasteiger partial charge in [0.05, 0.1) is 6.61 Å². The standard InChI is InChI=1S/C11H21NO5/c1-10(2,3)17-9(16)12-7(8(14)15)11(4,5)6-13/h7,13H,6H2,1-5H3,(H,12,16)(H,14,15). The Hall–Kier alpha value is -1.30. The van der Waals surface area contributed by atoms with E-state index in [0.717, 1.165) is 0 Å². The van der Waals surface area contributed by atoms with Gasteiger partial charge in [-0.3, -0.25) is 0 Å². The minimum atomic E-state index is -1.21. The number of aliphatic carboxylic acids is 1. The summed E-state index contributed by atoms with van der Waals surface area (Å²) in [5.74, 6) is -1.21. The first kappa shape index (κ1) is 15.7. The van der Waals surface area contributed by atoms with Crippen LogP contribution in [0.1, 0.15) is 34.6 Å². The van der Waals surface area contributed by atoms with Crippen molar-refractivity contribution in [3.8, 4) is 0 Å². The van der Waals surface area contributed by atoms with Crippen molar-refractivity contribution in [3.63, 3.8) is 0 Å². The number of amides is 1. The monoisotopic (exact) mass is 247 g/mol. The Morgan fingerprint density at radius 1 is 1.24 bits per heavy atom. The molecular weight excluding hydrogens is 226 g/mol. The van der Waals surface area contributed by atoms with Crippen molar-refractivity contribution >= 4 is 12.1 Å². The number of hydrogen-bond acceptors (Lipinski definition) is 4. The highest BCUT2D eigenvalue weighted by Gasteiger charge is 2.37. The first-order valence-electron chi connectivity index (χ1n) is 5.33. The van der Waals surface area contributed by atoms with Crippen LogP contribution >= 0.6 is 0 Å². The lowest BCUT2D eigenvalue weighted by Gasteiger charge is -2.30. The number of carboxylic acid groups (broad SMARTS) is 1. The van der Waals surface area contributed by atoms with Crippen LogP contribution in [0, 0.1) is 5.41 Å². The molecule has 0 rings (SSSR count). The Balaban J connectivity index is 4.69. The fraction of sp³-hybridized carbons (Fsp3) is 0.818. The van der Waals surface area contributed by atoms with Gasteiger partial charge in [-0.15, -0.1) is 0 Å². The van der Waals surface area contributed by atoms with Crippen LogP contribution in [0.25, 0.3) is 0 Å². The number of rotatable bonds is 4. The predicted molar refractivity (Wildman–Crippen MR) is 61.7 cm³/mol. The van der Waals surface area contributed by atoms with Gasteiger partial charge in [0.25, 0.3) is 0 Å². The average molecular weight is 247 g/mol. The number of carbonyl (C=O) groups excluding carboxylic acids is 1. The Bertz CT molecular complexity index is 293. The molecule has 1 atom stereocenters. The van der Waals surface area contributed by atoms with Gasteiger partial charge in [0, 0.05) is 5.41 Å². The van der Waals surface area contributed by atoms with E-state index in [1.54, 1.807) is 34.6 Å². The molecule has 0 aromatic heterocycles.